The number of halogens is 1. The molecular formula is C20H24FN5. The Morgan fingerprint density at radius 2 is 2.15 bits per heavy atom. The number of hydrogen-bond acceptors (Lipinski definition) is 3. The molecule has 3 heterocycles. The fraction of sp³-hybridized carbons (Fsp3) is 0.400. The van der Waals surface area contributed by atoms with Gasteiger partial charge in [-0.25, -0.2) is 14.1 Å². The van der Waals surface area contributed by atoms with E-state index >= 15 is 0 Å². The maximum atomic E-state index is 13.9. The van der Waals surface area contributed by atoms with Crippen molar-refractivity contribution >= 4 is 0 Å². The number of likely N-dealkylation sites (tertiary alicyclic amines) is 1. The predicted molar refractivity (Wildman–Crippen MR) is 98.7 cm³/mol. The predicted octanol–water partition coefficient (Wildman–Crippen LogP) is 3.61. The molecule has 0 spiro atoms. The van der Waals surface area contributed by atoms with Crippen molar-refractivity contribution in [1.82, 2.24) is 24.2 Å². The largest absolute Gasteiger partial charge is 0.335 e. The van der Waals surface area contributed by atoms with Crippen LogP contribution in [0.4, 0.5) is 4.39 Å². The van der Waals surface area contributed by atoms with Crippen molar-refractivity contribution < 1.29 is 4.39 Å². The van der Waals surface area contributed by atoms with Gasteiger partial charge >= 0.3 is 0 Å². The van der Waals surface area contributed by atoms with Crippen molar-refractivity contribution in [1.29, 1.82) is 0 Å². The van der Waals surface area contributed by atoms with E-state index in [0.29, 0.717) is 11.6 Å². The van der Waals surface area contributed by atoms with Crippen LogP contribution in [0.15, 0.2) is 49.1 Å². The average Bonchev–Trinajstić information content (AvgIpc) is 3.31. The highest BCUT2D eigenvalue weighted by atomic mass is 19.1. The summed E-state index contributed by atoms with van der Waals surface area (Å²) in [6.07, 6.45) is 10.1. The fourth-order valence-electron chi connectivity index (χ4n) is 3.83. The van der Waals surface area contributed by atoms with Crippen LogP contribution >= 0.6 is 0 Å². The summed E-state index contributed by atoms with van der Waals surface area (Å²) in [6.45, 7) is 6.03. The number of aryl methyl sites for hydroxylation is 1. The van der Waals surface area contributed by atoms with Crippen molar-refractivity contribution in [3.8, 4) is 5.69 Å². The normalized spacial score (nSPS) is 18.3. The molecule has 1 atom stereocenters. The summed E-state index contributed by atoms with van der Waals surface area (Å²) >= 11 is 0. The summed E-state index contributed by atoms with van der Waals surface area (Å²) in [5.41, 5.74) is 1.59. The Balaban J connectivity index is 1.45. The van der Waals surface area contributed by atoms with Crippen molar-refractivity contribution in [3.63, 3.8) is 0 Å². The third-order valence-corrected chi connectivity index (χ3v) is 5.10. The first-order valence-corrected chi connectivity index (χ1v) is 9.26. The molecule has 1 saturated heterocycles. The molecule has 0 bridgehead atoms. The highest BCUT2D eigenvalue weighted by Crippen LogP contribution is 2.27. The monoisotopic (exact) mass is 353 g/mol. The molecule has 4 rings (SSSR count). The summed E-state index contributed by atoms with van der Waals surface area (Å²) in [6, 6.07) is 6.72. The Bertz CT molecular complexity index is 868. The number of hydrogen-bond donors (Lipinski definition) is 0. The zero-order valence-corrected chi connectivity index (χ0v) is 15.1. The molecule has 26 heavy (non-hydrogen) atoms. The maximum Gasteiger partial charge on any atom is 0.148 e. The van der Waals surface area contributed by atoms with Crippen LogP contribution in [0.1, 0.15) is 37.1 Å². The van der Waals surface area contributed by atoms with E-state index in [1.165, 1.54) is 24.7 Å². The van der Waals surface area contributed by atoms with Gasteiger partial charge in [-0.2, -0.15) is 5.10 Å². The molecule has 0 unspecified atom stereocenters. The van der Waals surface area contributed by atoms with Gasteiger partial charge in [0.2, 0.25) is 0 Å². The van der Waals surface area contributed by atoms with Crippen molar-refractivity contribution in [2.24, 2.45) is 0 Å². The van der Waals surface area contributed by atoms with Gasteiger partial charge in [0, 0.05) is 49.7 Å². The van der Waals surface area contributed by atoms with Gasteiger partial charge in [-0.05, 0) is 38.4 Å². The maximum absolute atomic E-state index is 13.9. The van der Waals surface area contributed by atoms with E-state index < -0.39 is 0 Å². The van der Waals surface area contributed by atoms with E-state index in [0.717, 1.165) is 31.7 Å². The zero-order valence-electron chi connectivity index (χ0n) is 15.1. The van der Waals surface area contributed by atoms with Gasteiger partial charge in [-0.1, -0.05) is 12.1 Å². The molecule has 1 aliphatic heterocycles. The molecule has 5 nitrogen and oxygen atoms in total. The third-order valence-electron chi connectivity index (χ3n) is 5.10. The second-order valence-electron chi connectivity index (χ2n) is 6.89. The van der Waals surface area contributed by atoms with E-state index in [4.69, 9.17) is 0 Å². The standard InChI is InChI=1S/C20H24FN5/c1-2-25-11-9-22-20(25)17-6-5-10-24(15-17)13-16-12-23-26(14-16)19-8-4-3-7-18(19)21/h3-4,7-9,11-12,14,17H,2,5-6,10,13,15H2,1H3/t17-/m1/s1. The van der Waals surface area contributed by atoms with Gasteiger partial charge in [0.25, 0.3) is 0 Å². The minimum atomic E-state index is -0.258. The quantitative estimate of drug-likeness (QED) is 0.703. The topological polar surface area (TPSA) is 38.9 Å². The Morgan fingerprint density at radius 3 is 3.00 bits per heavy atom. The summed E-state index contributed by atoms with van der Waals surface area (Å²) in [5.74, 6) is 1.41. The number of imidazole rings is 1. The second-order valence-corrected chi connectivity index (χ2v) is 6.89. The molecular weight excluding hydrogens is 329 g/mol. The van der Waals surface area contributed by atoms with Gasteiger partial charge < -0.3 is 4.57 Å². The van der Waals surface area contributed by atoms with E-state index in [9.17, 15) is 4.39 Å². The number of para-hydroxylation sites is 1. The van der Waals surface area contributed by atoms with Crippen LogP contribution in [0.2, 0.25) is 0 Å². The summed E-state index contributed by atoms with van der Waals surface area (Å²) in [5, 5.41) is 4.34. The van der Waals surface area contributed by atoms with Crippen LogP contribution in [0.3, 0.4) is 0 Å². The highest BCUT2D eigenvalue weighted by molar-refractivity contribution is 5.32. The minimum absolute atomic E-state index is 0.258. The highest BCUT2D eigenvalue weighted by Gasteiger charge is 2.24. The van der Waals surface area contributed by atoms with Crippen LogP contribution in [0.25, 0.3) is 5.69 Å². The third kappa shape index (κ3) is 3.42. The first-order chi connectivity index (χ1) is 12.7. The number of rotatable bonds is 5. The van der Waals surface area contributed by atoms with Crippen molar-refractivity contribution in [2.45, 2.75) is 38.8 Å². The van der Waals surface area contributed by atoms with E-state index in [1.54, 1.807) is 16.8 Å². The van der Waals surface area contributed by atoms with E-state index in [2.05, 4.69) is 32.7 Å². The Kier molecular flexibility index (Phi) is 4.84. The van der Waals surface area contributed by atoms with Crippen LogP contribution < -0.4 is 0 Å². The number of aromatic nitrogens is 4. The lowest BCUT2D eigenvalue weighted by Crippen LogP contribution is -2.34. The second kappa shape index (κ2) is 7.41. The van der Waals surface area contributed by atoms with Crippen LogP contribution in [0.5, 0.6) is 0 Å². The van der Waals surface area contributed by atoms with Gasteiger partial charge in [0.15, 0.2) is 0 Å². The SMILES string of the molecule is CCn1ccnc1[C@@H]1CCCN(Cc2cnn(-c3ccccc3F)c2)C1. The lowest BCUT2D eigenvalue weighted by molar-refractivity contribution is 0.195. The molecule has 0 saturated carbocycles. The smallest absolute Gasteiger partial charge is 0.148 e. The lowest BCUT2D eigenvalue weighted by atomic mass is 9.97. The van der Waals surface area contributed by atoms with Gasteiger partial charge in [0.1, 0.15) is 17.3 Å². The van der Waals surface area contributed by atoms with Gasteiger partial charge in [0.05, 0.1) is 6.20 Å². The molecule has 1 fully saturated rings. The summed E-state index contributed by atoms with van der Waals surface area (Å²) < 4.78 is 17.8. The number of piperidine rings is 1. The van der Waals surface area contributed by atoms with E-state index in [-0.39, 0.29) is 5.82 Å². The summed E-state index contributed by atoms with van der Waals surface area (Å²) in [7, 11) is 0. The molecule has 1 aromatic carbocycles. The minimum Gasteiger partial charge on any atom is -0.335 e. The molecule has 3 aromatic rings. The van der Waals surface area contributed by atoms with Crippen LogP contribution in [-0.2, 0) is 13.1 Å². The lowest BCUT2D eigenvalue weighted by Gasteiger charge is -2.32. The molecule has 0 amide bonds. The molecule has 2 aromatic heterocycles. The molecule has 0 aliphatic carbocycles. The molecule has 1 aliphatic rings. The fourth-order valence-corrected chi connectivity index (χ4v) is 3.83. The zero-order chi connectivity index (χ0) is 17.9. The van der Waals surface area contributed by atoms with Crippen LogP contribution in [0, 0.1) is 5.82 Å². The van der Waals surface area contributed by atoms with Crippen molar-refractivity contribution in [3.05, 3.63) is 66.3 Å². The number of benzene rings is 1. The Morgan fingerprint density at radius 1 is 1.27 bits per heavy atom. The molecule has 0 radical (unpaired) electrons. The first kappa shape index (κ1) is 17.0. The first-order valence-electron chi connectivity index (χ1n) is 9.26. The van der Waals surface area contributed by atoms with Gasteiger partial charge in [-0.3, -0.25) is 4.90 Å². The van der Waals surface area contributed by atoms with Crippen LogP contribution in [-0.4, -0.2) is 37.3 Å². The molecule has 0 N–H and O–H groups in total. The van der Waals surface area contributed by atoms with E-state index in [1.807, 2.05) is 24.7 Å². The molecule has 6 heteroatoms. The summed E-state index contributed by atoms with van der Waals surface area (Å²) in [4.78, 5) is 7.03. The average molecular weight is 353 g/mol. The Hall–Kier alpha value is -2.47. The van der Waals surface area contributed by atoms with Crippen molar-refractivity contribution in [2.75, 3.05) is 13.1 Å². The number of nitrogens with zero attached hydrogens (tertiary/aromatic N) is 5. The Labute approximate surface area is 153 Å². The molecule has 136 valence electrons. The van der Waals surface area contributed by atoms with Gasteiger partial charge in [-0.15, -0.1) is 0 Å².